The lowest BCUT2D eigenvalue weighted by Crippen LogP contribution is -2.58. The van der Waals surface area contributed by atoms with Crippen LogP contribution in [-0.2, 0) is 9.53 Å². The van der Waals surface area contributed by atoms with Crippen LogP contribution in [0.15, 0.2) is 24.3 Å². The molecule has 7 heteroatoms. The van der Waals surface area contributed by atoms with E-state index in [0.717, 1.165) is 6.42 Å². The Hall–Kier alpha value is -2.57. The van der Waals surface area contributed by atoms with Gasteiger partial charge in [-0.25, -0.2) is 4.79 Å². The van der Waals surface area contributed by atoms with Gasteiger partial charge in [0.05, 0.1) is 12.6 Å². The number of ether oxygens (including phenoxy) is 1. The highest BCUT2D eigenvalue weighted by Crippen LogP contribution is 2.27. The summed E-state index contributed by atoms with van der Waals surface area (Å²) in [5, 5.41) is 2.68. The zero-order chi connectivity index (χ0) is 17.3. The molecule has 0 aromatic heterocycles. The van der Waals surface area contributed by atoms with Gasteiger partial charge in [0.25, 0.3) is 5.91 Å². The molecule has 0 unspecified atom stereocenters. The maximum absolute atomic E-state index is 12.7. The molecule has 1 aromatic rings. The fourth-order valence-electron chi connectivity index (χ4n) is 3.30. The number of rotatable bonds is 2. The topological polar surface area (TPSA) is 79.0 Å². The number of likely N-dealkylation sites (tertiary alicyclic amines) is 1. The quantitative estimate of drug-likeness (QED) is 0.892. The molecule has 2 heterocycles. The van der Waals surface area contributed by atoms with E-state index in [1.807, 2.05) is 0 Å². The molecule has 128 valence electrons. The number of cyclic esters (lactones) is 1. The number of hydrogen-bond acceptors (Lipinski definition) is 4. The first kappa shape index (κ1) is 16.3. The largest absolute Gasteiger partial charge is 0.449 e. The predicted molar refractivity (Wildman–Crippen MR) is 87.7 cm³/mol. The first-order valence-corrected chi connectivity index (χ1v) is 8.02. The van der Waals surface area contributed by atoms with Crippen LogP contribution in [0, 0.1) is 5.92 Å². The van der Waals surface area contributed by atoms with E-state index >= 15 is 0 Å². The molecule has 3 amide bonds. The van der Waals surface area contributed by atoms with Gasteiger partial charge in [0.1, 0.15) is 0 Å². The predicted octanol–water partition coefficient (Wildman–Crippen LogP) is 1.56. The van der Waals surface area contributed by atoms with Crippen molar-refractivity contribution in [1.82, 2.24) is 9.80 Å². The third kappa shape index (κ3) is 3.20. The average molecular weight is 331 g/mol. The number of carbonyl (C=O) groups excluding carboxylic acids is 3. The molecule has 0 bridgehead atoms. The lowest BCUT2D eigenvalue weighted by molar-refractivity contribution is -0.114. The summed E-state index contributed by atoms with van der Waals surface area (Å²) in [6.45, 7) is 3.04. The second-order valence-corrected chi connectivity index (χ2v) is 6.31. The van der Waals surface area contributed by atoms with Crippen LogP contribution in [0.5, 0.6) is 0 Å². The van der Waals surface area contributed by atoms with E-state index in [4.69, 9.17) is 4.74 Å². The molecule has 0 radical (unpaired) electrons. The van der Waals surface area contributed by atoms with Crippen molar-refractivity contribution >= 4 is 23.6 Å². The molecule has 2 aliphatic heterocycles. The summed E-state index contributed by atoms with van der Waals surface area (Å²) in [5.74, 6) is 0.0671. The van der Waals surface area contributed by atoms with Gasteiger partial charge in [-0.15, -0.1) is 0 Å². The molecule has 24 heavy (non-hydrogen) atoms. The number of nitrogens with one attached hydrogen (secondary N) is 1. The van der Waals surface area contributed by atoms with Gasteiger partial charge in [0, 0.05) is 44.2 Å². The molecule has 3 rings (SSSR count). The highest BCUT2D eigenvalue weighted by molar-refractivity contribution is 5.95. The lowest BCUT2D eigenvalue weighted by atomic mass is 9.90. The molecular weight excluding hydrogens is 310 g/mol. The average Bonchev–Trinajstić information content (AvgIpc) is 2.57. The van der Waals surface area contributed by atoms with Gasteiger partial charge in [-0.3, -0.25) is 9.59 Å². The van der Waals surface area contributed by atoms with Crippen molar-refractivity contribution in [2.24, 2.45) is 5.92 Å². The minimum atomic E-state index is -0.329. The summed E-state index contributed by atoms with van der Waals surface area (Å²) in [6, 6.07) is 6.84. The molecule has 0 spiro atoms. The Bertz CT molecular complexity index is 658. The summed E-state index contributed by atoms with van der Waals surface area (Å²) in [6.07, 6.45) is 0.489. The smallest absolute Gasteiger partial charge is 0.409 e. The molecule has 1 aromatic carbocycles. The summed E-state index contributed by atoms with van der Waals surface area (Å²) < 4.78 is 5.13. The zero-order valence-corrected chi connectivity index (χ0v) is 13.8. The standard InChI is InChI=1S/C17H21N3O4/c1-11(21)18-14-5-3-12(4-6-14)16(22)20-8-7-13-10-24-17(23)19(2)15(13)9-20/h3-6,13,15H,7-10H2,1-2H3,(H,18,21)/t13-,15+/m0/s1. The number of fused-ring (bicyclic) bond motifs is 1. The maximum Gasteiger partial charge on any atom is 0.409 e. The van der Waals surface area contributed by atoms with Crippen molar-refractivity contribution in [3.05, 3.63) is 29.8 Å². The van der Waals surface area contributed by atoms with E-state index < -0.39 is 0 Å². The summed E-state index contributed by atoms with van der Waals surface area (Å²) in [7, 11) is 1.72. The van der Waals surface area contributed by atoms with Crippen LogP contribution in [0.1, 0.15) is 23.7 Å². The number of piperidine rings is 1. The van der Waals surface area contributed by atoms with E-state index in [1.54, 1.807) is 41.1 Å². The molecule has 2 atom stereocenters. The van der Waals surface area contributed by atoms with Gasteiger partial charge in [-0.2, -0.15) is 0 Å². The molecule has 7 nitrogen and oxygen atoms in total. The van der Waals surface area contributed by atoms with Crippen molar-refractivity contribution in [2.45, 2.75) is 19.4 Å². The Morgan fingerprint density at radius 1 is 1.25 bits per heavy atom. The molecule has 1 N–H and O–H groups in total. The number of hydrogen-bond donors (Lipinski definition) is 1. The zero-order valence-electron chi connectivity index (χ0n) is 13.8. The minimum absolute atomic E-state index is 0.00241. The third-order valence-corrected chi connectivity index (χ3v) is 4.67. The van der Waals surface area contributed by atoms with Crippen LogP contribution in [0.25, 0.3) is 0 Å². The fraction of sp³-hybridized carbons (Fsp3) is 0.471. The summed E-state index contributed by atoms with van der Waals surface area (Å²) in [5.41, 5.74) is 1.23. The maximum atomic E-state index is 12.7. The van der Waals surface area contributed by atoms with Gasteiger partial charge in [0.15, 0.2) is 0 Å². The molecule has 0 aliphatic carbocycles. The van der Waals surface area contributed by atoms with E-state index in [9.17, 15) is 14.4 Å². The van der Waals surface area contributed by atoms with E-state index in [-0.39, 0.29) is 29.9 Å². The fourth-order valence-corrected chi connectivity index (χ4v) is 3.30. The Balaban J connectivity index is 1.69. The second-order valence-electron chi connectivity index (χ2n) is 6.31. The van der Waals surface area contributed by atoms with Crippen LogP contribution in [-0.4, -0.2) is 60.5 Å². The van der Waals surface area contributed by atoms with Crippen molar-refractivity contribution in [2.75, 3.05) is 32.1 Å². The van der Waals surface area contributed by atoms with Gasteiger partial charge >= 0.3 is 6.09 Å². The number of carbonyl (C=O) groups is 3. The molecular formula is C17H21N3O4. The van der Waals surface area contributed by atoms with E-state index in [0.29, 0.717) is 30.9 Å². The monoisotopic (exact) mass is 331 g/mol. The van der Waals surface area contributed by atoms with Gasteiger partial charge in [-0.05, 0) is 30.7 Å². The normalized spacial score (nSPS) is 23.3. The Morgan fingerprint density at radius 2 is 1.96 bits per heavy atom. The summed E-state index contributed by atoms with van der Waals surface area (Å²) in [4.78, 5) is 38.8. The van der Waals surface area contributed by atoms with Crippen LogP contribution in [0.2, 0.25) is 0 Å². The van der Waals surface area contributed by atoms with Crippen LogP contribution in [0.3, 0.4) is 0 Å². The highest BCUT2D eigenvalue weighted by atomic mass is 16.6. The van der Waals surface area contributed by atoms with Crippen LogP contribution >= 0.6 is 0 Å². The number of benzene rings is 1. The third-order valence-electron chi connectivity index (χ3n) is 4.67. The van der Waals surface area contributed by atoms with Crippen molar-refractivity contribution < 1.29 is 19.1 Å². The first-order valence-electron chi connectivity index (χ1n) is 8.02. The van der Waals surface area contributed by atoms with Gasteiger partial charge < -0.3 is 19.9 Å². The lowest BCUT2D eigenvalue weighted by Gasteiger charge is -2.45. The van der Waals surface area contributed by atoms with Gasteiger partial charge in [-0.1, -0.05) is 0 Å². The summed E-state index contributed by atoms with van der Waals surface area (Å²) >= 11 is 0. The molecule has 0 saturated carbocycles. The minimum Gasteiger partial charge on any atom is -0.449 e. The van der Waals surface area contributed by atoms with Gasteiger partial charge in [0.2, 0.25) is 5.91 Å². The molecule has 2 fully saturated rings. The van der Waals surface area contributed by atoms with Crippen molar-refractivity contribution in [1.29, 1.82) is 0 Å². The van der Waals surface area contributed by atoms with E-state index in [1.165, 1.54) is 6.92 Å². The highest BCUT2D eigenvalue weighted by Gasteiger charge is 2.40. The number of nitrogens with zero attached hydrogens (tertiary/aromatic N) is 2. The molecule has 2 aliphatic rings. The van der Waals surface area contributed by atoms with Crippen LogP contribution in [0.4, 0.5) is 10.5 Å². The Morgan fingerprint density at radius 3 is 2.62 bits per heavy atom. The second kappa shape index (κ2) is 6.51. The number of amides is 3. The van der Waals surface area contributed by atoms with Crippen molar-refractivity contribution in [3.8, 4) is 0 Å². The Kier molecular flexibility index (Phi) is 4.42. The number of anilines is 1. The Labute approximate surface area is 140 Å². The van der Waals surface area contributed by atoms with Crippen molar-refractivity contribution in [3.63, 3.8) is 0 Å². The first-order chi connectivity index (χ1) is 11.5. The van der Waals surface area contributed by atoms with E-state index in [2.05, 4.69) is 5.32 Å². The SMILES string of the molecule is CC(=O)Nc1ccc(C(=O)N2CC[C@H]3COC(=O)N(C)[C@@H]3C2)cc1. The number of likely N-dealkylation sites (N-methyl/N-ethyl adjacent to an activating group) is 1. The molecule has 2 saturated heterocycles. The van der Waals surface area contributed by atoms with Crippen LogP contribution < -0.4 is 5.32 Å².